The summed E-state index contributed by atoms with van der Waals surface area (Å²) in [5.41, 5.74) is 2.03. The van der Waals surface area contributed by atoms with Crippen LogP contribution < -0.4 is 18.9 Å². The first-order valence-electron chi connectivity index (χ1n) is 16.6. The van der Waals surface area contributed by atoms with Crippen molar-refractivity contribution in [2.45, 2.75) is 71.1 Å². The first-order chi connectivity index (χ1) is 24.0. The molecule has 3 aliphatic heterocycles. The third-order valence-electron chi connectivity index (χ3n) is 10.0. The van der Waals surface area contributed by atoms with E-state index in [1.165, 1.54) is 21.0 Å². The molecule has 0 radical (unpaired) electrons. The van der Waals surface area contributed by atoms with Crippen LogP contribution in [0.1, 0.15) is 77.9 Å². The first-order valence-corrected chi connectivity index (χ1v) is 16.6. The van der Waals surface area contributed by atoms with Crippen LogP contribution in [0.2, 0.25) is 0 Å². The van der Waals surface area contributed by atoms with Crippen molar-refractivity contribution in [3.63, 3.8) is 0 Å². The number of fused-ring (bicyclic) bond motifs is 6. The van der Waals surface area contributed by atoms with Gasteiger partial charge >= 0.3 is 11.9 Å². The molecule has 1 aromatic heterocycles. The number of hydrogen-bond donors (Lipinski definition) is 0. The van der Waals surface area contributed by atoms with Gasteiger partial charge in [-0.25, -0.2) is 4.98 Å². The van der Waals surface area contributed by atoms with Crippen molar-refractivity contribution >= 4 is 23.6 Å². The molecule has 7 rings (SSSR count). The van der Waals surface area contributed by atoms with Crippen LogP contribution in [0.15, 0.2) is 43.0 Å². The molecule has 4 aliphatic rings. The number of carbonyl (C=O) groups is 4. The van der Waals surface area contributed by atoms with E-state index in [1.807, 2.05) is 30.7 Å². The summed E-state index contributed by atoms with van der Waals surface area (Å²) < 4.78 is 42.6. The fraction of sp³-hybridized carbons (Fsp3) is 0.472. The minimum atomic E-state index is -0.882. The summed E-state index contributed by atoms with van der Waals surface area (Å²) in [5.74, 6) is -1.08. The zero-order chi connectivity index (χ0) is 35.3. The zero-order valence-corrected chi connectivity index (χ0v) is 28.5. The number of rotatable bonds is 10. The molecule has 1 fully saturated rings. The Hall–Kier alpha value is -5.11. The van der Waals surface area contributed by atoms with Crippen molar-refractivity contribution in [3.05, 3.63) is 65.2 Å². The van der Waals surface area contributed by atoms with Crippen molar-refractivity contribution in [1.29, 1.82) is 0 Å². The molecule has 3 aromatic rings. The Morgan fingerprint density at radius 1 is 0.940 bits per heavy atom. The number of aromatic nitrogens is 2. The topological polar surface area (TPSA) is 154 Å². The molecular formula is C36H39N3O11. The molecule has 1 amide bonds. The quantitative estimate of drug-likeness (QED) is 0.282. The van der Waals surface area contributed by atoms with Crippen LogP contribution in [0.25, 0.3) is 0 Å². The van der Waals surface area contributed by atoms with Gasteiger partial charge in [-0.2, -0.15) is 0 Å². The Kier molecular flexibility index (Phi) is 8.89. The standard InChI is InChI=1S/C36H39N3O11/c1-18-19(2)36(50-30(15-45-20(3)40)34(18)48-21(4)41)49-29-11-22-25(14-26(29)44-5)35(43)39(9-6-8-38-10-7-37-16-38)32-23-12-27-28(47-17-46-27)13-24(23)33(42)31(22)32/h7,10-14,16,18-19,30-32,34,36H,6,8-9,15,17H2,1-5H3/t18-,19-,30-,31?,32?,34-,36-/m1/s1. The van der Waals surface area contributed by atoms with E-state index in [2.05, 4.69) is 4.98 Å². The Morgan fingerprint density at radius 2 is 1.72 bits per heavy atom. The normalized spacial score (nSPS) is 26.2. The number of imidazole rings is 1. The van der Waals surface area contributed by atoms with E-state index in [1.54, 1.807) is 35.6 Å². The molecule has 0 spiro atoms. The highest BCUT2D eigenvalue weighted by Crippen LogP contribution is 2.54. The lowest BCUT2D eigenvalue weighted by Crippen LogP contribution is -2.54. The molecule has 264 valence electrons. The van der Waals surface area contributed by atoms with Crippen LogP contribution in [0.5, 0.6) is 23.0 Å². The van der Waals surface area contributed by atoms with Crippen molar-refractivity contribution < 1.29 is 52.3 Å². The monoisotopic (exact) mass is 689 g/mol. The zero-order valence-electron chi connectivity index (χ0n) is 28.5. The van der Waals surface area contributed by atoms with Gasteiger partial charge in [-0.1, -0.05) is 13.8 Å². The number of Topliss-reactive ketones (excluding diaryl/α,β-unsaturated/α-hetero) is 1. The molecule has 0 bridgehead atoms. The minimum Gasteiger partial charge on any atom is -0.493 e. The summed E-state index contributed by atoms with van der Waals surface area (Å²) in [6.45, 7) is 7.34. The lowest BCUT2D eigenvalue weighted by atomic mass is 9.82. The predicted octanol–water partition coefficient (Wildman–Crippen LogP) is 4.06. The molecule has 7 atom stereocenters. The molecule has 14 heteroatoms. The third kappa shape index (κ3) is 5.91. The van der Waals surface area contributed by atoms with Gasteiger partial charge in [0, 0.05) is 62.3 Å². The van der Waals surface area contributed by atoms with Crippen molar-refractivity contribution in [1.82, 2.24) is 14.5 Å². The van der Waals surface area contributed by atoms with Gasteiger partial charge in [-0.3, -0.25) is 19.2 Å². The predicted molar refractivity (Wildman–Crippen MR) is 173 cm³/mol. The summed E-state index contributed by atoms with van der Waals surface area (Å²) in [7, 11) is 1.47. The summed E-state index contributed by atoms with van der Waals surface area (Å²) >= 11 is 0. The first kappa shape index (κ1) is 33.4. The summed E-state index contributed by atoms with van der Waals surface area (Å²) in [5, 5.41) is 0. The summed E-state index contributed by atoms with van der Waals surface area (Å²) in [6, 6.07) is 6.23. The van der Waals surface area contributed by atoms with Crippen LogP contribution >= 0.6 is 0 Å². The fourth-order valence-corrected chi connectivity index (χ4v) is 7.43. The van der Waals surface area contributed by atoms with Gasteiger partial charge in [0.2, 0.25) is 13.1 Å². The van der Waals surface area contributed by atoms with E-state index >= 15 is 0 Å². The van der Waals surface area contributed by atoms with Crippen LogP contribution in [-0.4, -0.2) is 83.6 Å². The van der Waals surface area contributed by atoms with Gasteiger partial charge < -0.3 is 42.6 Å². The maximum Gasteiger partial charge on any atom is 0.303 e. The maximum absolute atomic E-state index is 14.4. The lowest BCUT2D eigenvalue weighted by molar-refractivity contribution is -0.248. The Bertz CT molecular complexity index is 1830. The van der Waals surface area contributed by atoms with Crippen molar-refractivity contribution in [3.8, 4) is 23.0 Å². The van der Waals surface area contributed by atoms with Gasteiger partial charge in [0.25, 0.3) is 5.91 Å². The Balaban J connectivity index is 1.24. The summed E-state index contributed by atoms with van der Waals surface area (Å²) in [4.78, 5) is 58.2. The molecule has 1 saturated heterocycles. The average molecular weight is 690 g/mol. The molecule has 14 nitrogen and oxygen atoms in total. The van der Waals surface area contributed by atoms with E-state index in [0.717, 1.165) is 0 Å². The van der Waals surface area contributed by atoms with Crippen LogP contribution in [0, 0.1) is 11.8 Å². The fourth-order valence-electron chi connectivity index (χ4n) is 7.43. The SMILES string of the molecule is COc1cc2c(cc1O[C@@H]1O[C@H](COC(C)=O)[C@H](OC(C)=O)[C@H](C)[C@H]1C)C1C(=O)c3cc4c(cc3C1N(CCCn1ccnc1)C2=O)OCO4. The number of benzene rings is 2. The lowest BCUT2D eigenvalue weighted by Gasteiger charge is -2.43. The number of methoxy groups -OCH3 is 1. The molecule has 50 heavy (non-hydrogen) atoms. The number of hydrogen-bond acceptors (Lipinski definition) is 12. The Labute approximate surface area is 288 Å². The van der Waals surface area contributed by atoms with E-state index in [0.29, 0.717) is 53.3 Å². The van der Waals surface area contributed by atoms with Crippen LogP contribution in [0.4, 0.5) is 0 Å². The molecular weight excluding hydrogens is 650 g/mol. The van der Waals surface area contributed by atoms with Crippen LogP contribution in [0.3, 0.4) is 0 Å². The van der Waals surface area contributed by atoms with Gasteiger partial charge in [-0.15, -0.1) is 0 Å². The Morgan fingerprint density at radius 3 is 2.42 bits per heavy atom. The second-order valence-electron chi connectivity index (χ2n) is 13.1. The van der Waals surface area contributed by atoms with Crippen molar-refractivity contribution in [2.75, 3.05) is 27.1 Å². The summed E-state index contributed by atoms with van der Waals surface area (Å²) in [6.07, 6.45) is 3.56. The third-order valence-corrected chi connectivity index (χ3v) is 10.0. The molecule has 2 unspecified atom stereocenters. The van der Waals surface area contributed by atoms with Crippen molar-refractivity contribution in [2.24, 2.45) is 11.8 Å². The second-order valence-corrected chi connectivity index (χ2v) is 13.1. The largest absolute Gasteiger partial charge is 0.493 e. The number of aryl methyl sites for hydroxylation is 1. The highest BCUT2D eigenvalue weighted by molar-refractivity contribution is 6.11. The van der Waals surface area contributed by atoms with E-state index in [4.69, 9.17) is 33.2 Å². The van der Waals surface area contributed by atoms with E-state index < -0.39 is 42.4 Å². The maximum atomic E-state index is 14.4. The van der Waals surface area contributed by atoms with Gasteiger partial charge in [-0.05, 0) is 41.8 Å². The van der Waals surface area contributed by atoms with Gasteiger partial charge in [0.1, 0.15) is 18.8 Å². The van der Waals surface area contributed by atoms with Crippen LogP contribution in [-0.2, 0) is 30.3 Å². The van der Waals surface area contributed by atoms with Gasteiger partial charge in [0.05, 0.1) is 25.4 Å². The highest BCUT2D eigenvalue weighted by Gasteiger charge is 2.52. The molecule has 0 saturated carbocycles. The number of nitrogens with zero attached hydrogens (tertiary/aromatic N) is 3. The highest BCUT2D eigenvalue weighted by atomic mass is 16.7. The number of amides is 1. The average Bonchev–Trinajstić information content (AvgIpc) is 3.84. The number of carbonyl (C=O) groups excluding carboxylic acids is 4. The molecule has 1 aliphatic carbocycles. The smallest absolute Gasteiger partial charge is 0.303 e. The van der Waals surface area contributed by atoms with E-state index in [9.17, 15) is 19.2 Å². The van der Waals surface area contributed by atoms with E-state index in [-0.39, 0.29) is 48.4 Å². The number of ketones is 1. The molecule has 0 N–H and O–H groups in total. The van der Waals surface area contributed by atoms with Gasteiger partial charge in [0.15, 0.2) is 28.8 Å². The molecule has 2 aromatic carbocycles. The second kappa shape index (κ2) is 13.3. The number of esters is 2. The number of ether oxygens (including phenoxy) is 7. The molecule has 4 heterocycles. The minimum absolute atomic E-state index is 0.0566.